The third kappa shape index (κ3) is 2.26. The van der Waals surface area contributed by atoms with Crippen molar-refractivity contribution in [1.82, 2.24) is 9.55 Å². The van der Waals surface area contributed by atoms with Crippen LogP contribution >= 0.6 is 11.6 Å². The minimum Gasteiger partial charge on any atom is -0.324 e. The van der Waals surface area contributed by atoms with Gasteiger partial charge in [0.25, 0.3) is 0 Å². The maximum atomic E-state index is 6.28. The Labute approximate surface area is 114 Å². The standard InChI is InChI=1S/C15H21ClN2/c1-9(2)12(5)18-14-8-10(3)6-7-13(14)17-15(18)11(4)16/h6-9,11-12H,1-5H3. The molecule has 1 aromatic heterocycles. The van der Waals surface area contributed by atoms with Crippen molar-refractivity contribution in [3.05, 3.63) is 29.6 Å². The molecule has 3 heteroatoms. The summed E-state index contributed by atoms with van der Waals surface area (Å²) >= 11 is 6.28. The van der Waals surface area contributed by atoms with E-state index in [4.69, 9.17) is 11.6 Å². The van der Waals surface area contributed by atoms with Crippen molar-refractivity contribution in [2.45, 2.75) is 46.0 Å². The lowest BCUT2D eigenvalue weighted by atomic mass is 10.1. The second-order valence-corrected chi connectivity index (χ2v) is 6.09. The molecule has 0 saturated heterocycles. The van der Waals surface area contributed by atoms with Crippen LogP contribution in [-0.2, 0) is 0 Å². The Morgan fingerprint density at radius 3 is 2.39 bits per heavy atom. The van der Waals surface area contributed by atoms with Gasteiger partial charge >= 0.3 is 0 Å². The zero-order valence-corrected chi connectivity index (χ0v) is 12.5. The first-order chi connectivity index (χ1) is 8.41. The Balaban J connectivity index is 2.72. The predicted molar refractivity (Wildman–Crippen MR) is 78.3 cm³/mol. The topological polar surface area (TPSA) is 17.8 Å². The highest BCUT2D eigenvalue weighted by Gasteiger charge is 2.20. The molecule has 0 aliphatic rings. The largest absolute Gasteiger partial charge is 0.324 e. The number of nitrogens with zero attached hydrogens (tertiary/aromatic N) is 2. The van der Waals surface area contributed by atoms with Gasteiger partial charge in [-0.15, -0.1) is 11.6 Å². The maximum absolute atomic E-state index is 6.28. The van der Waals surface area contributed by atoms with Crippen molar-refractivity contribution in [3.8, 4) is 0 Å². The van der Waals surface area contributed by atoms with Crippen LogP contribution in [0.25, 0.3) is 11.0 Å². The quantitative estimate of drug-likeness (QED) is 0.724. The fourth-order valence-electron chi connectivity index (χ4n) is 2.23. The zero-order valence-electron chi connectivity index (χ0n) is 11.7. The lowest BCUT2D eigenvalue weighted by Crippen LogP contribution is -2.15. The normalized spacial score (nSPS) is 15.3. The van der Waals surface area contributed by atoms with Crippen molar-refractivity contribution in [1.29, 1.82) is 0 Å². The van der Waals surface area contributed by atoms with E-state index in [0.29, 0.717) is 12.0 Å². The molecule has 2 nitrogen and oxygen atoms in total. The molecule has 0 saturated carbocycles. The fraction of sp³-hybridized carbons (Fsp3) is 0.533. The molecule has 2 rings (SSSR count). The van der Waals surface area contributed by atoms with E-state index >= 15 is 0 Å². The number of fused-ring (bicyclic) bond motifs is 1. The molecular formula is C15H21ClN2. The molecule has 0 N–H and O–H groups in total. The Kier molecular flexibility index (Phi) is 3.67. The number of hydrogen-bond donors (Lipinski definition) is 0. The predicted octanol–water partition coefficient (Wildman–Crippen LogP) is 4.86. The molecule has 0 aliphatic heterocycles. The van der Waals surface area contributed by atoms with E-state index in [-0.39, 0.29) is 5.38 Å². The molecule has 0 fully saturated rings. The van der Waals surface area contributed by atoms with Crippen molar-refractivity contribution < 1.29 is 0 Å². The van der Waals surface area contributed by atoms with Gasteiger partial charge in [0.05, 0.1) is 16.4 Å². The molecule has 98 valence electrons. The lowest BCUT2D eigenvalue weighted by Gasteiger charge is -2.22. The Hall–Kier alpha value is -1.02. The smallest absolute Gasteiger partial charge is 0.127 e. The van der Waals surface area contributed by atoms with E-state index in [9.17, 15) is 0 Å². The van der Waals surface area contributed by atoms with Gasteiger partial charge in [0.15, 0.2) is 0 Å². The van der Waals surface area contributed by atoms with Crippen molar-refractivity contribution in [3.63, 3.8) is 0 Å². The van der Waals surface area contributed by atoms with Gasteiger partial charge in [-0.25, -0.2) is 4.98 Å². The molecular weight excluding hydrogens is 244 g/mol. The van der Waals surface area contributed by atoms with Crippen LogP contribution in [0.2, 0.25) is 0 Å². The summed E-state index contributed by atoms with van der Waals surface area (Å²) in [6.07, 6.45) is 0. The number of halogens is 1. The summed E-state index contributed by atoms with van der Waals surface area (Å²) in [4.78, 5) is 4.69. The average molecular weight is 265 g/mol. The van der Waals surface area contributed by atoms with Crippen LogP contribution < -0.4 is 0 Å². The Bertz CT molecular complexity index is 555. The number of rotatable bonds is 3. The molecule has 0 bridgehead atoms. The number of aromatic nitrogens is 2. The number of alkyl halides is 1. The van der Waals surface area contributed by atoms with E-state index in [1.54, 1.807) is 0 Å². The molecule has 2 unspecified atom stereocenters. The summed E-state index contributed by atoms with van der Waals surface area (Å²) in [5.74, 6) is 1.52. The number of imidazole rings is 1. The van der Waals surface area contributed by atoms with Gasteiger partial charge in [-0.1, -0.05) is 19.9 Å². The molecule has 1 heterocycles. The molecule has 1 aromatic carbocycles. The Morgan fingerprint density at radius 1 is 1.17 bits per heavy atom. The summed E-state index contributed by atoms with van der Waals surface area (Å²) in [6, 6.07) is 6.77. The van der Waals surface area contributed by atoms with Crippen LogP contribution in [0, 0.1) is 12.8 Å². The second-order valence-electron chi connectivity index (χ2n) is 5.43. The summed E-state index contributed by atoms with van der Waals surface area (Å²) in [6.45, 7) is 10.8. The van der Waals surface area contributed by atoms with E-state index in [1.165, 1.54) is 11.1 Å². The molecule has 18 heavy (non-hydrogen) atoms. The minimum atomic E-state index is -0.0705. The van der Waals surface area contributed by atoms with E-state index in [0.717, 1.165) is 11.3 Å². The second kappa shape index (κ2) is 4.93. The molecule has 0 aliphatic carbocycles. The van der Waals surface area contributed by atoms with Crippen LogP contribution in [0.3, 0.4) is 0 Å². The van der Waals surface area contributed by atoms with Crippen LogP contribution in [0.4, 0.5) is 0 Å². The highest BCUT2D eigenvalue weighted by Crippen LogP contribution is 2.31. The van der Waals surface area contributed by atoms with E-state index < -0.39 is 0 Å². The minimum absolute atomic E-state index is 0.0705. The van der Waals surface area contributed by atoms with E-state index in [1.807, 2.05) is 6.92 Å². The first-order valence-electron chi connectivity index (χ1n) is 6.54. The maximum Gasteiger partial charge on any atom is 0.127 e. The Morgan fingerprint density at radius 2 is 1.83 bits per heavy atom. The monoisotopic (exact) mass is 264 g/mol. The number of benzene rings is 1. The SMILES string of the molecule is Cc1ccc2nc(C(C)Cl)n(C(C)C(C)C)c2c1. The third-order valence-electron chi connectivity index (χ3n) is 3.60. The van der Waals surface area contributed by atoms with Gasteiger partial charge < -0.3 is 4.57 Å². The molecule has 0 amide bonds. The third-order valence-corrected chi connectivity index (χ3v) is 3.80. The van der Waals surface area contributed by atoms with Crippen molar-refractivity contribution >= 4 is 22.6 Å². The highest BCUT2D eigenvalue weighted by molar-refractivity contribution is 6.20. The fourth-order valence-corrected chi connectivity index (χ4v) is 2.38. The summed E-state index contributed by atoms with van der Waals surface area (Å²) < 4.78 is 2.30. The van der Waals surface area contributed by atoms with Crippen LogP contribution in [0.5, 0.6) is 0 Å². The van der Waals surface area contributed by atoms with Crippen molar-refractivity contribution in [2.24, 2.45) is 5.92 Å². The first-order valence-corrected chi connectivity index (χ1v) is 6.98. The number of hydrogen-bond acceptors (Lipinski definition) is 1. The van der Waals surface area contributed by atoms with Gasteiger partial charge in [0, 0.05) is 6.04 Å². The molecule has 2 aromatic rings. The van der Waals surface area contributed by atoms with Crippen molar-refractivity contribution in [2.75, 3.05) is 0 Å². The molecule has 2 atom stereocenters. The van der Waals surface area contributed by atoms with Gasteiger partial charge in [-0.05, 0) is 44.4 Å². The summed E-state index contributed by atoms with van der Waals surface area (Å²) in [7, 11) is 0. The van der Waals surface area contributed by atoms with Crippen LogP contribution in [0.15, 0.2) is 18.2 Å². The highest BCUT2D eigenvalue weighted by atomic mass is 35.5. The van der Waals surface area contributed by atoms with Gasteiger partial charge in [0.2, 0.25) is 0 Å². The lowest BCUT2D eigenvalue weighted by molar-refractivity contribution is 0.405. The van der Waals surface area contributed by atoms with Crippen LogP contribution in [-0.4, -0.2) is 9.55 Å². The first kappa shape index (κ1) is 13.4. The van der Waals surface area contributed by atoms with Gasteiger partial charge in [-0.3, -0.25) is 0 Å². The molecule has 0 radical (unpaired) electrons. The van der Waals surface area contributed by atoms with Gasteiger partial charge in [0.1, 0.15) is 5.82 Å². The number of aryl methyl sites for hydroxylation is 1. The zero-order chi connectivity index (χ0) is 13.4. The molecule has 0 spiro atoms. The van der Waals surface area contributed by atoms with Crippen LogP contribution in [0.1, 0.15) is 50.5 Å². The van der Waals surface area contributed by atoms with E-state index in [2.05, 4.69) is 55.4 Å². The summed E-state index contributed by atoms with van der Waals surface area (Å²) in [5, 5.41) is -0.0705. The van der Waals surface area contributed by atoms with Gasteiger partial charge in [-0.2, -0.15) is 0 Å². The average Bonchev–Trinajstić information content (AvgIpc) is 2.66. The summed E-state index contributed by atoms with van der Waals surface area (Å²) in [5.41, 5.74) is 3.49.